The maximum Gasteiger partial charge on any atom is 0.303 e. The highest BCUT2D eigenvalue weighted by Crippen LogP contribution is 2.40. The van der Waals surface area contributed by atoms with Crippen molar-refractivity contribution in [3.8, 4) is 5.75 Å². The molecule has 0 bridgehead atoms. The van der Waals surface area contributed by atoms with Gasteiger partial charge in [-0.25, -0.2) is 13.2 Å². The largest absolute Gasteiger partial charge is 0.486 e. The Balaban J connectivity index is 1.79. The van der Waals surface area contributed by atoms with Crippen LogP contribution in [0.25, 0.3) is 0 Å². The minimum Gasteiger partial charge on any atom is -0.486 e. The van der Waals surface area contributed by atoms with E-state index in [0.29, 0.717) is 5.92 Å². The summed E-state index contributed by atoms with van der Waals surface area (Å²) in [5.41, 5.74) is 2.25. The molecule has 2 aliphatic carbocycles. The van der Waals surface area contributed by atoms with Gasteiger partial charge in [-0.2, -0.15) is 0 Å². The van der Waals surface area contributed by atoms with Gasteiger partial charge in [-0.1, -0.05) is 18.4 Å². The van der Waals surface area contributed by atoms with E-state index in [1.807, 2.05) is 0 Å². The lowest BCUT2D eigenvalue weighted by Gasteiger charge is -2.19. The molecule has 1 aromatic carbocycles. The number of aryl methyl sites for hydroxylation is 1. The molecule has 2 aliphatic rings. The quantitative estimate of drug-likeness (QED) is 0.548. The number of hydrogen-bond acceptors (Lipinski definition) is 2. The Morgan fingerprint density at radius 1 is 1.21 bits per heavy atom. The van der Waals surface area contributed by atoms with Crippen LogP contribution in [0.5, 0.6) is 5.75 Å². The molecule has 0 amide bonds. The van der Waals surface area contributed by atoms with Crippen LogP contribution in [-0.2, 0) is 17.1 Å². The van der Waals surface area contributed by atoms with Gasteiger partial charge in [-0.3, -0.25) is 4.79 Å². The first-order valence-electron chi connectivity index (χ1n) is 10.0. The van der Waals surface area contributed by atoms with E-state index in [0.717, 1.165) is 38.3 Å². The van der Waals surface area contributed by atoms with Crippen molar-refractivity contribution < 1.29 is 27.8 Å². The highest BCUT2D eigenvalue weighted by atomic mass is 19.3. The molecule has 0 atom stereocenters. The Kier molecular flexibility index (Phi) is 6.36. The number of aliphatic carboxylic acids is 1. The van der Waals surface area contributed by atoms with E-state index in [2.05, 4.69) is 0 Å². The van der Waals surface area contributed by atoms with E-state index in [4.69, 9.17) is 9.84 Å². The molecule has 3 rings (SSSR count). The second kappa shape index (κ2) is 8.58. The molecule has 1 saturated carbocycles. The van der Waals surface area contributed by atoms with E-state index in [-0.39, 0.29) is 36.3 Å². The number of carbonyl (C=O) groups is 1. The predicted octanol–water partition coefficient (Wildman–Crippen LogP) is 6.00. The molecule has 6 heteroatoms. The van der Waals surface area contributed by atoms with Gasteiger partial charge in [0.1, 0.15) is 6.61 Å². The Hall–Kier alpha value is -1.98. The Morgan fingerprint density at radius 2 is 1.93 bits per heavy atom. The van der Waals surface area contributed by atoms with Crippen molar-refractivity contribution in [3.63, 3.8) is 0 Å². The van der Waals surface area contributed by atoms with Gasteiger partial charge in [0.2, 0.25) is 0 Å². The van der Waals surface area contributed by atoms with Gasteiger partial charge in [-0.05, 0) is 67.7 Å². The molecule has 0 aliphatic heterocycles. The zero-order valence-corrected chi connectivity index (χ0v) is 16.2. The number of rotatable bonds is 8. The van der Waals surface area contributed by atoms with Crippen LogP contribution >= 0.6 is 0 Å². The number of allylic oxidation sites excluding steroid dienone is 1. The van der Waals surface area contributed by atoms with Crippen LogP contribution in [0.3, 0.4) is 0 Å². The van der Waals surface area contributed by atoms with Gasteiger partial charge in [0.25, 0.3) is 5.92 Å². The van der Waals surface area contributed by atoms with Gasteiger partial charge in [-0.15, -0.1) is 0 Å². The van der Waals surface area contributed by atoms with Crippen molar-refractivity contribution in [1.29, 1.82) is 0 Å². The normalized spacial score (nSPS) is 18.1. The molecule has 3 nitrogen and oxygen atoms in total. The molecule has 0 heterocycles. The second-order valence-electron chi connectivity index (χ2n) is 7.97. The Morgan fingerprint density at radius 3 is 2.57 bits per heavy atom. The summed E-state index contributed by atoms with van der Waals surface area (Å²) < 4.78 is 48.2. The number of benzene rings is 1. The summed E-state index contributed by atoms with van der Waals surface area (Å²) in [5.74, 6) is -4.64. The summed E-state index contributed by atoms with van der Waals surface area (Å²) >= 11 is 0. The fourth-order valence-electron chi connectivity index (χ4n) is 4.49. The lowest BCUT2D eigenvalue weighted by molar-refractivity contribution is -0.137. The van der Waals surface area contributed by atoms with Gasteiger partial charge >= 0.3 is 5.97 Å². The molecule has 0 unspecified atom stereocenters. The highest BCUT2D eigenvalue weighted by Gasteiger charge is 2.30. The minimum atomic E-state index is -3.21. The van der Waals surface area contributed by atoms with Crippen molar-refractivity contribution in [2.75, 3.05) is 6.61 Å². The van der Waals surface area contributed by atoms with E-state index in [1.54, 1.807) is 0 Å². The first-order chi connectivity index (χ1) is 13.3. The lowest BCUT2D eigenvalue weighted by Crippen LogP contribution is -2.14. The van der Waals surface area contributed by atoms with Crippen LogP contribution in [0.2, 0.25) is 0 Å². The fourth-order valence-corrected chi connectivity index (χ4v) is 4.49. The third-order valence-corrected chi connectivity index (χ3v) is 5.87. The van der Waals surface area contributed by atoms with Gasteiger partial charge in [0.15, 0.2) is 11.6 Å². The van der Waals surface area contributed by atoms with E-state index < -0.39 is 17.7 Å². The smallest absolute Gasteiger partial charge is 0.303 e. The third kappa shape index (κ3) is 4.89. The molecule has 1 aromatic rings. The number of carboxylic acids is 1. The summed E-state index contributed by atoms with van der Waals surface area (Å²) in [6, 6.07) is 2.03. The summed E-state index contributed by atoms with van der Waals surface area (Å²) in [5, 5.41) is 8.80. The lowest BCUT2D eigenvalue weighted by atomic mass is 9.94. The topological polar surface area (TPSA) is 46.5 Å². The van der Waals surface area contributed by atoms with Crippen molar-refractivity contribution in [1.82, 2.24) is 0 Å². The number of halogens is 3. The van der Waals surface area contributed by atoms with Crippen LogP contribution in [0.15, 0.2) is 23.3 Å². The van der Waals surface area contributed by atoms with E-state index >= 15 is 0 Å². The van der Waals surface area contributed by atoms with Crippen LogP contribution in [0, 0.1) is 11.7 Å². The van der Waals surface area contributed by atoms with Crippen molar-refractivity contribution in [2.24, 2.45) is 5.92 Å². The van der Waals surface area contributed by atoms with Crippen molar-refractivity contribution >= 4 is 5.97 Å². The fraction of sp³-hybridized carbons (Fsp3) is 0.591. The van der Waals surface area contributed by atoms with Gasteiger partial charge < -0.3 is 9.84 Å². The summed E-state index contributed by atoms with van der Waals surface area (Å²) in [6.45, 7) is 0.956. The Labute approximate surface area is 163 Å². The SMILES string of the molecule is CC(F)(F)c1cc(OCC2=C(C3CCCC3)CCC2)c(F)cc1CCC(=O)O. The van der Waals surface area contributed by atoms with Crippen molar-refractivity contribution in [3.05, 3.63) is 40.2 Å². The maximum absolute atomic E-state index is 14.5. The standard InChI is InChI=1S/C22H27F3O3/c1-22(24,25)18-12-20(19(23)11-15(18)9-10-21(26)27)28-13-16-7-4-8-17(16)14-5-2-3-6-14/h11-12,14H,2-10,13H2,1H3,(H,26,27). The Bertz CT molecular complexity index is 759. The molecule has 1 N–H and O–H groups in total. The van der Waals surface area contributed by atoms with Gasteiger partial charge in [0, 0.05) is 18.9 Å². The second-order valence-corrected chi connectivity index (χ2v) is 7.97. The zero-order valence-electron chi connectivity index (χ0n) is 16.2. The third-order valence-electron chi connectivity index (χ3n) is 5.87. The summed E-state index contributed by atoms with van der Waals surface area (Å²) in [6.07, 6.45) is 7.42. The molecule has 0 spiro atoms. The monoisotopic (exact) mass is 396 g/mol. The van der Waals surface area contributed by atoms with Crippen LogP contribution in [-0.4, -0.2) is 17.7 Å². The molecular formula is C22H27F3O3. The van der Waals surface area contributed by atoms with Gasteiger partial charge in [0.05, 0.1) is 0 Å². The molecular weight excluding hydrogens is 369 g/mol. The van der Waals surface area contributed by atoms with Crippen LogP contribution in [0.4, 0.5) is 13.2 Å². The number of alkyl halides is 2. The minimum absolute atomic E-state index is 0.00600. The molecule has 0 radical (unpaired) electrons. The molecule has 0 saturated heterocycles. The molecule has 28 heavy (non-hydrogen) atoms. The highest BCUT2D eigenvalue weighted by molar-refractivity contribution is 5.67. The van der Waals surface area contributed by atoms with E-state index in [9.17, 15) is 18.0 Å². The average molecular weight is 396 g/mol. The van der Waals surface area contributed by atoms with Crippen LogP contribution in [0.1, 0.15) is 69.4 Å². The zero-order chi connectivity index (χ0) is 20.3. The number of carboxylic acid groups (broad SMARTS) is 1. The van der Waals surface area contributed by atoms with Crippen LogP contribution < -0.4 is 4.74 Å². The molecule has 0 aromatic heterocycles. The predicted molar refractivity (Wildman–Crippen MR) is 100 cm³/mol. The first-order valence-corrected chi connectivity index (χ1v) is 10.0. The molecule has 1 fully saturated rings. The maximum atomic E-state index is 14.5. The first kappa shape index (κ1) is 20.7. The summed E-state index contributed by atoms with van der Waals surface area (Å²) in [7, 11) is 0. The average Bonchev–Trinajstić information content (AvgIpc) is 3.28. The number of ether oxygens (including phenoxy) is 1. The van der Waals surface area contributed by atoms with E-state index in [1.165, 1.54) is 36.8 Å². The molecule has 154 valence electrons. The number of hydrogen-bond donors (Lipinski definition) is 1. The van der Waals surface area contributed by atoms with Crippen molar-refractivity contribution in [2.45, 2.75) is 70.6 Å². The summed E-state index contributed by atoms with van der Waals surface area (Å²) in [4.78, 5) is 10.8.